The summed E-state index contributed by atoms with van der Waals surface area (Å²) in [6.07, 6.45) is 2.32. The molecule has 146 valence electrons. The van der Waals surface area contributed by atoms with Gasteiger partial charge in [-0.25, -0.2) is 0 Å². The van der Waals surface area contributed by atoms with Crippen molar-refractivity contribution in [2.24, 2.45) is 0 Å². The summed E-state index contributed by atoms with van der Waals surface area (Å²) in [5, 5.41) is 4.90. The van der Waals surface area contributed by atoms with Gasteiger partial charge in [0.25, 0.3) is 11.7 Å². The number of amides is 1. The van der Waals surface area contributed by atoms with Crippen LogP contribution in [-0.4, -0.2) is 37.5 Å². The average molecular weight is 414 g/mol. The van der Waals surface area contributed by atoms with E-state index in [2.05, 4.69) is 11.4 Å². The van der Waals surface area contributed by atoms with Crippen molar-refractivity contribution in [1.29, 1.82) is 0 Å². The molecule has 1 unspecified atom stereocenters. The molecular weight excluding hydrogens is 390 g/mol. The minimum Gasteiger partial charge on any atom is -0.372 e. The van der Waals surface area contributed by atoms with Crippen molar-refractivity contribution in [3.63, 3.8) is 0 Å². The highest BCUT2D eigenvalue weighted by molar-refractivity contribution is 7.99. The summed E-state index contributed by atoms with van der Waals surface area (Å²) in [6, 6.07) is 10.6. The van der Waals surface area contributed by atoms with Crippen molar-refractivity contribution in [2.75, 3.05) is 25.0 Å². The van der Waals surface area contributed by atoms with E-state index in [0.717, 1.165) is 37.4 Å². The van der Waals surface area contributed by atoms with Gasteiger partial charge in [-0.1, -0.05) is 17.8 Å². The van der Waals surface area contributed by atoms with E-state index in [9.17, 15) is 13.6 Å². The van der Waals surface area contributed by atoms with Crippen LogP contribution in [0.25, 0.3) is 0 Å². The molecule has 1 fully saturated rings. The third-order valence-corrected chi connectivity index (χ3v) is 5.92. The highest BCUT2D eigenvalue weighted by Gasteiger charge is 2.24. The van der Waals surface area contributed by atoms with Crippen molar-refractivity contribution in [3.05, 3.63) is 46.7 Å². The second-order valence-electron chi connectivity index (χ2n) is 6.47. The number of halogens is 2. The summed E-state index contributed by atoms with van der Waals surface area (Å²) >= 11 is 2.18. The highest BCUT2D eigenvalue weighted by atomic mass is 32.2. The SMILES string of the molecule is O=C(C[NH+](Cc1cccs1)C[C@@H]1CCCO1)Nc1ccc(SC(F)F)cc1. The molecule has 27 heavy (non-hydrogen) atoms. The normalized spacial score (nSPS) is 18.0. The largest absolute Gasteiger partial charge is 0.372 e. The van der Waals surface area contributed by atoms with Gasteiger partial charge in [0.2, 0.25) is 0 Å². The number of alkyl halides is 2. The number of carbonyl (C=O) groups is 1. The van der Waals surface area contributed by atoms with Crippen molar-refractivity contribution in [3.8, 4) is 0 Å². The minimum atomic E-state index is -2.45. The molecule has 3 rings (SSSR count). The van der Waals surface area contributed by atoms with Crippen LogP contribution in [0.3, 0.4) is 0 Å². The van der Waals surface area contributed by atoms with Crippen molar-refractivity contribution in [2.45, 2.75) is 36.1 Å². The second-order valence-corrected chi connectivity index (χ2v) is 8.57. The molecule has 4 nitrogen and oxygen atoms in total. The van der Waals surface area contributed by atoms with Crippen LogP contribution in [0.1, 0.15) is 17.7 Å². The Labute approximate surface area is 165 Å². The Morgan fingerprint density at radius 1 is 1.33 bits per heavy atom. The summed E-state index contributed by atoms with van der Waals surface area (Å²) in [5.41, 5.74) is 0.617. The highest BCUT2D eigenvalue weighted by Crippen LogP contribution is 2.26. The molecule has 2 atom stereocenters. The van der Waals surface area contributed by atoms with Gasteiger partial charge >= 0.3 is 0 Å². The topological polar surface area (TPSA) is 42.8 Å². The Balaban J connectivity index is 1.55. The molecule has 2 heterocycles. The first-order chi connectivity index (χ1) is 13.1. The van der Waals surface area contributed by atoms with Crippen molar-refractivity contribution in [1.82, 2.24) is 0 Å². The molecule has 1 aromatic heterocycles. The second kappa shape index (κ2) is 10.2. The molecule has 1 aliphatic rings. The molecule has 2 aromatic rings. The van der Waals surface area contributed by atoms with E-state index in [1.165, 1.54) is 4.88 Å². The fourth-order valence-electron chi connectivity index (χ4n) is 3.15. The number of benzene rings is 1. The van der Waals surface area contributed by atoms with Gasteiger partial charge in [0.15, 0.2) is 6.54 Å². The molecule has 0 saturated carbocycles. The number of ether oxygens (including phenoxy) is 1. The smallest absolute Gasteiger partial charge is 0.288 e. The van der Waals surface area contributed by atoms with Crippen molar-refractivity contribution >= 4 is 34.7 Å². The maximum absolute atomic E-state index is 12.5. The van der Waals surface area contributed by atoms with Gasteiger partial charge in [-0.3, -0.25) is 4.79 Å². The van der Waals surface area contributed by atoms with Gasteiger partial charge in [0.05, 0.1) is 4.88 Å². The Bertz CT molecular complexity index is 705. The summed E-state index contributed by atoms with van der Waals surface area (Å²) in [4.78, 5) is 15.4. The molecule has 0 bridgehead atoms. The Hall–Kier alpha value is -1.48. The van der Waals surface area contributed by atoms with Crippen LogP contribution in [0.15, 0.2) is 46.7 Å². The Morgan fingerprint density at radius 2 is 2.15 bits per heavy atom. The lowest BCUT2D eigenvalue weighted by Gasteiger charge is -2.21. The van der Waals surface area contributed by atoms with Crippen LogP contribution >= 0.6 is 23.1 Å². The predicted molar refractivity (Wildman–Crippen MR) is 105 cm³/mol. The molecule has 1 amide bonds. The number of anilines is 1. The first-order valence-corrected chi connectivity index (χ1v) is 10.7. The lowest BCUT2D eigenvalue weighted by molar-refractivity contribution is -0.908. The number of hydrogen-bond acceptors (Lipinski definition) is 4. The number of quaternary nitrogens is 1. The molecule has 0 aliphatic carbocycles. The average Bonchev–Trinajstić information content (AvgIpc) is 3.30. The third-order valence-electron chi connectivity index (χ3n) is 4.32. The quantitative estimate of drug-likeness (QED) is 0.620. The van der Waals surface area contributed by atoms with Gasteiger partial charge in [0.1, 0.15) is 19.2 Å². The number of thiophene rings is 1. The Morgan fingerprint density at radius 3 is 2.78 bits per heavy atom. The monoisotopic (exact) mass is 413 g/mol. The fourth-order valence-corrected chi connectivity index (χ4v) is 4.42. The van der Waals surface area contributed by atoms with Crippen LogP contribution in [0.5, 0.6) is 0 Å². The van der Waals surface area contributed by atoms with Gasteiger partial charge in [-0.2, -0.15) is 8.78 Å². The third kappa shape index (κ3) is 6.88. The minimum absolute atomic E-state index is 0.0891. The van der Waals surface area contributed by atoms with Gasteiger partial charge in [0, 0.05) is 17.2 Å². The standard InChI is InChI=1S/C19H22F2N2O2S2/c20-19(21)27-16-7-5-14(6-8-16)22-18(24)13-23(11-15-3-1-9-25-15)12-17-4-2-10-26-17/h2,4-8,10,15,19H,1,3,9,11-13H2,(H,22,24)/p+1/t15-/m0/s1. The maximum Gasteiger partial charge on any atom is 0.288 e. The molecule has 0 spiro atoms. The van der Waals surface area contributed by atoms with Crippen molar-refractivity contribution < 1.29 is 23.2 Å². The first-order valence-electron chi connectivity index (χ1n) is 8.91. The summed E-state index contributed by atoms with van der Waals surface area (Å²) in [6.45, 7) is 2.72. The van der Waals surface area contributed by atoms with E-state index in [4.69, 9.17) is 4.74 Å². The van der Waals surface area contributed by atoms with Crippen LogP contribution in [0.4, 0.5) is 14.5 Å². The number of rotatable bonds is 9. The number of carbonyl (C=O) groups excluding carboxylic acids is 1. The molecule has 1 saturated heterocycles. The van der Waals surface area contributed by atoms with Crippen LogP contribution < -0.4 is 10.2 Å². The van der Waals surface area contributed by atoms with Crippen LogP contribution in [0.2, 0.25) is 0 Å². The van der Waals surface area contributed by atoms with E-state index in [1.54, 1.807) is 35.6 Å². The molecular formula is C19H23F2N2O2S2+. The Kier molecular flexibility index (Phi) is 7.63. The maximum atomic E-state index is 12.5. The summed E-state index contributed by atoms with van der Waals surface area (Å²) in [7, 11) is 0. The summed E-state index contributed by atoms with van der Waals surface area (Å²) < 4.78 is 30.5. The summed E-state index contributed by atoms with van der Waals surface area (Å²) in [5.74, 6) is -2.54. The number of nitrogens with one attached hydrogen (secondary N) is 2. The zero-order valence-corrected chi connectivity index (χ0v) is 16.5. The molecule has 0 radical (unpaired) electrons. The lowest BCUT2D eigenvalue weighted by atomic mass is 10.2. The number of hydrogen-bond donors (Lipinski definition) is 2. The number of thioether (sulfide) groups is 1. The van der Waals surface area contributed by atoms with Gasteiger partial charge in [-0.05, 0) is 48.6 Å². The van der Waals surface area contributed by atoms with E-state index in [0.29, 0.717) is 28.9 Å². The molecule has 8 heteroatoms. The van der Waals surface area contributed by atoms with Gasteiger partial charge < -0.3 is 15.0 Å². The first kappa shape index (κ1) is 20.3. The molecule has 1 aliphatic heterocycles. The zero-order valence-electron chi connectivity index (χ0n) is 14.8. The van der Waals surface area contributed by atoms with Crippen LogP contribution in [0, 0.1) is 0 Å². The van der Waals surface area contributed by atoms with E-state index in [1.807, 2.05) is 11.4 Å². The molecule has 1 aromatic carbocycles. The van der Waals surface area contributed by atoms with E-state index < -0.39 is 5.76 Å². The zero-order chi connectivity index (χ0) is 19.1. The predicted octanol–water partition coefficient (Wildman–Crippen LogP) is 3.27. The fraction of sp³-hybridized carbons (Fsp3) is 0.421. The van der Waals surface area contributed by atoms with Gasteiger partial charge in [-0.15, -0.1) is 11.3 Å². The van der Waals surface area contributed by atoms with E-state index in [-0.39, 0.29) is 12.0 Å². The van der Waals surface area contributed by atoms with Crippen LogP contribution in [-0.2, 0) is 16.1 Å². The van der Waals surface area contributed by atoms with E-state index >= 15 is 0 Å². The molecule has 2 N–H and O–H groups in total. The lowest BCUT2D eigenvalue weighted by Crippen LogP contribution is -3.12.